The highest BCUT2D eigenvalue weighted by Crippen LogP contribution is 2.42. The summed E-state index contributed by atoms with van der Waals surface area (Å²) in [5.74, 6) is 0.0489. The molecule has 0 saturated heterocycles. The number of para-hydroxylation sites is 1. The van der Waals surface area contributed by atoms with E-state index in [1.165, 1.54) is 12.1 Å². The summed E-state index contributed by atoms with van der Waals surface area (Å²) in [6, 6.07) is 9.90. The fourth-order valence-electron chi connectivity index (χ4n) is 2.51. The highest BCUT2D eigenvalue weighted by Gasteiger charge is 2.25. The van der Waals surface area contributed by atoms with Gasteiger partial charge in [-0.15, -0.1) is 10.2 Å². The van der Waals surface area contributed by atoms with Crippen LogP contribution in [-0.2, 0) is 10.8 Å². The van der Waals surface area contributed by atoms with Crippen molar-refractivity contribution in [2.45, 2.75) is 52.4 Å². The van der Waals surface area contributed by atoms with Gasteiger partial charge in [-0.2, -0.15) is 0 Å². The van der Waals surface area contributed by atoms with Crippen molar-refractivity contribution in [3.05, 3.63) is 57.6 Å². The monoisotopic (exact) mass is 355 g/mol. The van der Waals surface area contributed by atoms with E-state index in [4.69, 9.17) is 0 Å². The first-order chi connectivity index (χ1) is 11.9. The Bertz CT molecular complexity index is 860. The van der Waals surface area contributed by atoms with Crippen molar-refractivity contribution < 1.29 is 10.0 Å². The number of phenolic OH excluding ortho intramolecular Hbond substituents is 1. The van der Waals surface area contributed by atoms with Crippen LogP contribution in [0.4, 0.5) is 17.1 Å². The van der Waals surface area contributed by atoms with Crippen molar-refractivity contribution in [2.24, 2.45) is 10.2 Å². The molecule has 0 atom stereocenters. The van der Waals surface area contributed by atoms with Crippen LogP contribution in [0.1, 0.15) is 52.7 Å². The van der Waals surface area contributed by atoms with Crippen LogP contribution in [-0.4, -0.2) is 10.0 Å². The normalized spacial score (nSPS) is 12.5. The zero-order valence-electron chi connectivity index (χ0n) is 16.1. The number of nitro groups is 1. The van der Waals surface area contributed by atoms with Crippen LogP contribution in [0.3, 0.4) is 0 Å². The van der Waals surface area contributed by atoms with Gasteiger partial charge in [0.2, 0.25) is 0 Å². The Balaban J connectivity index is 2.61. The van der Waals surface area contributed by atoms with E-state index in [0.717, 1.165) is 11.1 Å². The summed E-state index contributed by atoms with van der Waals surface area (Å²) >= 11 is 0. The molecule has 0 saturated carbocycles. The van der Waals surface area contributed by atoms with E-state index in [1.54, 1.807) is 18.2 Å². The summed E-state index contributed by atoms with van der Waals surface area (Å²) in [5.41, 5.74) is 1.68. The number of nitrogens with zero attached hydrogens (tertiary/aromatic N) is 3. The van der Waals surface area contributed by atoms with Crippen LogP contribution in [0, 0.1) is 10.1 Å². The molecule has 26 heavy (non-hydrogen) atoms. The Morgan fingerprint density at radius 2 is 1.50 bits per heavy atom. The van der Waals surface area contributed by atoms with Gasteiger partial charge in [-0.25, -0.2) is 0 Å². The third-order valence-corrected chi connectivity index (χ3v) is 4.11. The van der Waals surface area contributed by atoms with E-state index in [1.807, 2.05) is 26.8 Å². The zero-order chi connectivity index (χ0) is 19.7. The summed E-state index contributed by atoms with van der Waals surface area (Å²) in [4.78, 5) is 10.6. The number of rotatable bonds is 3. The van der Waals surface area contributed by atoms with Gasteiger partial charge in [0.05, 0.1) is 4.92 Å². The predicted molar refractivity (Wildman–Crippen MR) is 103 cm³/mol. The van der Waals surface area contributed by atoms with Crippen molar-refractivity contribution in [1.29, 1.82) is 0 Å². The van der Waals surface area contributed by atoms with Gasteiger partial charge in [-0.3, -0.25) is 10.1 Å². The Morgan fingerprint density at radius 1 is 0.923 bits per heavy atom. The number of hydrogen-bond donors (Lipinski definition) is 1. The molecule has 0 aliphatic heterocycles. The van der Waals surface area contributed by atoms with Crippen LogP contribution in [0.2, 0.25) is 0 Å². The van der Waals surface area contributed by atoms with Crippen molar-refractivity contribution >= 4 is 17.1 Å². The topological polar surface area (TPSA) is 88.1 Å². The summed E-state index contributed by atoms with van der Waals surface area (Å²) in [7, 11) is 0. The lowest BCUT2D eigenvalue weighted by Gasteiger charge is -2.26. The number of azo groups is 1. The summed E-state index contributed by atoms with van der Waals surface area (Å²) in [6.07, 6.45) is 0. The van der Waals surface area contributed by atoms with E-state index in [-0.39, 0.29) is 28.0 Å². The van der Waals surface area contributed by atoms with Crippen LogP contribution in [0.15, 0.2) is 46.6 Å². The molecule has 0 unspecified atom stereocenters. The molecule has 2 aromatic carbocycles. The molecule has 0 aromatic heterocycles. The largest absolute Gasteiger partial charge is 0.505 e. The van der Waals surface area contributed by atoms with Crippen LogP contribution in [0.5, 0.6) is 5.75 Å². The van der Waals surface area contributed by atoms with Gasteiger partial charge in [0, 0.05) is 11.6 Å². The van der Waals surface area contributed by atoms with E-state index < -0.39 is 4.92 Å². The minimum atomic E-state index is -0.500. The van der Waals surface area contributed by atoms with Gasteiger partial charge in [0.1, 0.15) is 11.4 Å². The Hall–Kier alpha value is -2.76. The highest BCUT2D eigenvalue weighted by atomic mass is 16.6. The third kappa shape index (κ3) is 4.25. The van der Waals surface area contributed by atoms with Gasteiger partial charge in [0.15, 0.2) is 5.69 Å². The van der Waals surface area contributed by atoms with Gasteiger partial charge in [-0.1, -0.05) is 59.7 Å². The molecular formula is C20H25N3O3. The maximum Gasteiger partial charge on any atom is 0.296 e. The molecule has 138 valence electrons. The fourth-order valence-corrected chi connectivity index (χ4v) is 2.51. The average molecular weight is 355 g/mol. The van der Waals surface area contributed by atoms with Crippen molar-refractivity contribution in [3.8, 4) is 5.75 Å². The van der Waals surface area contributed by atoms with Crippen molar-refractivity contribution in [3.63, 3.8) is 0 Å². The number of benzene rings is 2. The number of aromatic hydroxyl groups is 1. The molecular weight excluding hydrogens is 330 g/mol. The first-order valence-electron chi connectivity index (χ1n) is 8.44. The molecule has 0 spiro atoms. The lowest BCUT2D eigenvalue weighted by Crippen LogP contribution is -2.16. The van der Waals surface area contributed by atoms with Gasteiger partial charge < -0.3 is 5.11 Å². The van der Waals surface area contributed by atoms with Crippen LogP contribution < -0.4 is 0 Å². The number of hydrogen-bond acceptors (Lipinski definition) is 5. The lowest BCUT2D eigenvalue weighted by molar-refractivity contribution is -0.384. The van der Waals surface area contributed by atoms with Gasteiger partial charge >= 0.3 is 0 Å². The molecule has 0 aliphatic rings. The molecule has 6 nitrogen and oxygen atoms in total. The second-order valence-corrected chi connectivity index (χ2v) is 8.34. The Morgan fingerprint density at radius 3 is 2.04 bits per heavy atom. The number of phenols is 1. The first kappa shape index (κ1) is 19.6. The van der Waals surface area contributed by atoms with Crippen LogP contribution >= 0.6 is 0 Å². The first-order valence-corrected chi connectivity index (χ1v) is 8.44. The molecule has 0 amide bonds. The van der Waals surface area contributed by atoms with Crippen molar-refractivity contribution in [2.75, 3.05) is 0 Å². The molecule has 0 aliphatic carbocycles. The molecule has 0 heterocycles. The highest BCUT2D eigenvalue weighted by molar-refractivity contribution is 5.61. The molecule has 2 aromatic rings. The smallest absolute Gasteiger partial charge is 0.296 e. The lowest BCUT2D eigenvalue weighted by atomic mass is 9.80. The molecule has 1 N–H and O–H groups in total. The van der Waals surface area contributed by atoms with Crippen molar-refractivity contribution in [1.82, 2.24) is 0 Å². The maximum absolute atomic E-state index is 11.1. The number of nitro benzene ring substituents is 1. The molecule has 0 bridgehead atoms. The standard InChI is InChI=1S/C20H25N3O3/c1-19(2,3)13-11-14(20(4,5)6)18(24)16(12-13)22-21-15-9-7-8-10-17(15)23(25)26/h7-12,24H,1-6H3. The quantitative estimate of drug-likeness (QED) is 0.397. The Labute approximate surface area is 153 Å². The van der Waals surface area contributed by atoms with E-state index in [0.29, 0.717) is 5.69 Å². The molecule has 0 radical (unpaired) electrons. The Kier molecular flexibility index (Phi) is 5.16. The maximum atomic E-state index is 11.1. The summed E-state index contributed by atoms with van der Waals surface area (Å²) < 4.78 is 0. The van der Waals surface area contributed by atoms with Gasteiger partial charge in [0.25, 0.3) is 5.69 Å². The average Bonchev–Trinajstić information content (AvgIpc) is 2.51. The van der Waals surface area contributed by atoms with E-state index in [2.05, 4.69) is 31.0 Å². The minimum Gasteiger partial charge on any atom is -0.505 e. The summed E-state index contributed by atoms with van der Waals surface area (Å²) in [6.45, 7) is 12.3. The molecule has 0 fully saturated rings. The van der Waals surface area contributed by atoms with Crippen LogP contribution in [0.25, 0.3) is 0 Å². The molecule has 6 heteroatoms. The third-order valence-electron chi connectivity index (χ3n) is 4.11. The fraction of sp³-hybridized carbons (Fsp3) is 0.400. The second-order valence-electron chi connectivity index (χ2n) is 8.34. The minimum absolute atomic E-state index is 0.0489. The summed E-state index contributed by atoms with van der Waals surface area (Å²) in [5, 5.41) is 30.0. The zero-order valence-corrected chi connectivity index (χ0v) is 16.1. The van der Waals surface area contributed by atoms with Gasteiger partial charge in [-0.05, 0) is 28.5 Å². The predicted octanol–water partition coefficient (Wildman–Crippen LogP) is 6.31. The second kappa shape index (κ2) is 6.86. The SMILES string of the molecule is CC(C)(C)c1cc(N=Nc2ccccc2[N+](=O)[O-])c(O)c(C(C)(C)C)c1. The molecule has 2 rings (SSSR count). The van der Waals surface area contributed by atoms with E-state index >= 15 is 0 Å². The van der Waals surface area contributed by atoms with E-state index in [9.17, 15) is 15.2 Å².